The molecule has 4 rings (SSSR count). The predicted molar refractivity (Wildman–Crippen MR) is 157 cm³/mol. The number of aromatic nitrogens is 1. The summed E-state index contributed by atoms with van der Waals surface area (Å²) in [5.74, 6) is 0. The van der Waals surface area contributed by atoms with Crippen LogP contribution < -0.4 is 10.4 Å². The van der Waals surface area contributed by atoms with Crippen LogP contribution in [0, 0.1) is 62.3 Å². The third kappa shape index (κ3) is 5.12. The van der Waals surface area contributed by atoms with E-state index in [2.05, 4.69) is 111 Å². The lowest BCUT2D eigenvalue weighted by molar-refractivity contribution is 1.26. The second-order valence-electron chi connectivity index (χ2n) is 10.3. The average Bonchev–Trinajstić information content (AvgIpc) is 2.77. The van der Waals surface area contributed by atoms with E-state index in [4.69, 9.17) is 9.98 Å². The molecule has 1 aromatic heterocycles. The normalized spacial score (nSPS) is 11.9. The summed E-state index contributed by atoms with van der Waals surface area (Å²) < 4.78 is 0. The van der Waals surface area contributed by atoms with Crippen molar-refractivity contribution < 1.29 is 0 Å². The van der Waals surface area contributed by atoms with Crippen molar-refractivity contribution in [3.8, 4) is 0 Å². The zero-order valence-electron chi connectivity index (χ0n) is 23.2. The lowest BCUT2D eigenvalue weighted by atomic mass is 10.1. The van der Waals surface area contributed by atoms with Crippen LogP contribution in [0.3, 0.4) is 0 Å². The maximum atomic E-state index is 5.53. The number of hydrogen-bond acceptors (Lipinski definition) is 2. The third-order valence-electron chi connectivity index (χ3n) is 6.86. The zero-order valence-corrected chi connectivity index (χ0v) is 24.2. The first-order valence-electron chi connectivity index (χ1n) is 12.7. The minimum Gasteiger partial charge on any atom is -0.255 e. The van der Waals surface area contributed by atoms with E-state index in [9.17, 15) is 0 Å². The first-order chi connectivity index (χ1) is 17.1. The number of benzene rings is 3. The molecule has 0 fully saturated rings. The molecule has 0 atom stereocenters. The second-order valence-corrected chi connectivity index (χ2v) is 12.6. The van der Waals surface area contributed by atoms with Gasteiger partial charge in [-0.1, -0.05) is 81.4 Å². The summed E-state index contributed by atoms with van der Waals surface area (Å²) in [6.07, 6.45) is 1.89. The van der Waals surface area contributed by atoms with E-state index in [0.717, 1.165) is 16.7 Å². The Morgan fingerprint density at radius 1 is 0.583 bits per heavy atom. The van der Waals surface area contributed by atoms with Gasteiger partial charge in [-0.3, -0.25) is 9.98 Å². The van der Waals surface area contributed by atoms with E-state index in [1.165, 1.54) is 60.4 Å². The quantitative estimate of drug-likeness (QED) is 0.223. The Morgan fingerprint density at radius 2 is 1.00 bits per heavy atom. The molecule has 1 radical (unpaired) electrons. The number of rotatable bonds is 5. The Bertz CT molecular complexity index is 1340. The summed E-state index contributed by atoms with van der Waals surface area (Å²) in [6.45, 7) is 19.9. The van der Waals surface area contributed by atoms with Crippen molar-refractivity contribution in [1.29, 1.82) is 0 Å². The fourth-order valence-electron chi connectivity index (χ4n) is 5.72. The summed E-state index contributed by atoms with van der Waals surface area (Å²) in [5.41, 5.74) is 13.6. The molecular weight excluding hydrogens is 452 g/mol. The van der Waals surface area contributed by atoms with Gasteiger partial charge in [-0.25, -0.2) is 0 Å². The molecule has 0 N–H and O–H groups in total. The molecule has 3 aromatic carbocycles. The summed E-state index contributed by atoms with van der Waals surface area (Å²) in [7, 11) is -1.50. The summed E-state index contributed by atoms with van der Waals surface area (Å²) in [4.78, 5) is 10.4. The van der Waals surface area contributed by atoms with E-state index in [1.807, 2.05) is 12.3 Å². The molecule has 0 amide bonds. The Hall–Kier alpha value is -3.30. The van der Waals surface area contributed by atoms with Gasteiger partial charge in [-0.15, -0.1) is 0 Å². The summed E-state index contributed by atoms with van der Waals surface area (Å²) in [5, 5.41) is 3.95. The Kier molecular flexibility index (Phi) is 7.42. The van der Waals surface area contributed by atoms with Gasteiger partial charge >= 0.3 is 0 Å². The molecule has 0 saturated heterocycles. The second kappa shape index (κ2) is 10.4. The third-order valence-corrected chi connectivity index (χ3v) is 10.3. The topological polar surface area (TPSA) is 25.2 Å². The molecule has 0 saturated carbocycles. The van der Waals surface area contributed by atoms with Gasteiger partial charge in [-0.2, -0.15) is 0 Å². The molecule has 0 aliphatic rings. The smallest absolute Gasteiger partial charge is 0.183 e. The van der Waals surface area contributed by atoms with E-state index < -0.39 is 8.80 Å². The first kappa shape index (κ1) is 25.8. The highest BCUT2D eigenvalue weighted by Gasteiger charge is 2.32. The lowest BCUT2D eigenvalue weighted by Crippen LogP contribution is -2.54. The highest BCUT2D eigenvalue weighted by atomic mass is 28.3. The molecule has 0 aliphatic carbocycles. The van der Waals surface area contributed by atoms with Gasteiger partial charge in [0.05, 0.1) is 16.7 Å². The predicted octanol–water partition coefficient (Wildman–Crippen LogP) is 6.83. The van der Waals surface area contributed by atoms with Crippen LogP contribution in [0.15, 0.2) is 65.8 Å². The minimum absolute atomic E-state index is 0.963. The van der Waals surface area contributed by atoms with Crippen LogP contribution in [-0.4, -0.2) is 19.1 Å². The maximum absolute atomic E-state index is 5.53. The van der Waals surface area contributed by atoms with Crippen LogP contribution in [0.5, 0.6) is 0 Å². The molecule has 36 heavy (non-hydrogen) atoms. The van der Waals surface area contributed by atoms with Crippen molar-refractivity contribution in [2.24, 2.45) is 4.99 Å². The van der Waals surface area contributed by atoms with Crippen LogP contribution in [0.4, 0.5) is 5.69 Å². The monoisotopic (exact) mass is 489 g/mol. The number of aryl methyl sites for hydroxylation is 9. The molecule has 0 bridgehead atoms. The SMILES string of the molecule is Cc1cc(C)c(N=C(c2ccccn2)[Si](c2c(C)cc(C)cc2C)c2c(C)cc(C)cc2C)c(C)c1. The molecule has 1 heterocycles. The van der Waals surface area contributed by atoms with Crippen LogP contribution in [-0.2, 0) is 0 Å². The Labute approximate surface area is 218 Å². The van der Waals surface area contributed by atoms with Crippen molar-refractivity contribution in [3.05, 3.63) is 117 Å². The number of nitrogens with zero attached hydrogens (tertiary/aromatic N) is 2. The van der Waals surface area contributed by atoms with Crippen molar-refractivity contribution >= 4 is 30.2 Å². The highest BCUT2D eigenvalue weighted by molar-refractivity contribution is 7.11. The highest BCUT2D eigenvalue weighted by Crippen LogP contribution is 2.27. The fraction of sp³-hybridized carbons (Fsp3) is 0.273. The van der Waals surface area contributed by atoms with E-state index in [1.54, 1.807) is 0 Å². The van der Waals surface area contributed by atoms with Gasteiger partial charge in [0.1, 0.15) is 0 Å². The molecule has 183 valence electrons. The van der Waals surface area contributed by atoms with E-state index in [0.29, 0.717) is 0 Å². The molecule has 0 unspecified atom stereocenters. The molecule has 0 aliphatic heterocycles. The Morgan fingerprint density at radius 3 is 1.39 bits per heavy atom. The van der Waals surface area contributed by atoms with Crippen LogP contribution in [0.1, 0.15) is 55.8 Å². The number of hydrogen-bond donors (Lipinski definition) is 0. The average molecular weight is 490 g/mol. The molecule has 2 nitrogen and oxygen atoms in total. The number of pyridine rings is 1. The van der Waals surface area contributed by atoms with Gasteiger partial charge < -0.3 is 0 Å². The van der Waals surface area contributed by atoms with E-state index >= 15 is 0 Å². The van der Waals surface area contributed by atoms with Crippen molar-refractivity contribution in [2.45, 2.75) is 62.3 Å². The molecular formula is C33H37N2Si. The number of aliphatic imine (C=N–C) groups is 1. The van der Waals surface area contributed by atoms with Crippen molar-refractivity contribution in [1.82, 2.24) is 4.98 Å². The van der Waals surface area contributed by atoms with Gasteiger partial charge in [0, 0.05) is 6.20 Å². The summed E-state index contributed by atoms with van der Waals surface area (Å²) >= 11 is 0. The van der Waals surface area contributed by atoms with Gasteiger partial charge in [-0.05, 0) is 95.9 Å². The van der Waals surface area contributed by atoms with E-state index in [-0.39, 0.29) is 0 Å². The molecule has 0 spiro atoms. The zero-order chi connectivity index (χ0) is 26.1. The molecule has 3 heteroatoms. The van der Waals surface area contributed by atoms with Crippen LogP contribution in [0.2, 0.25) is 0 Å². The van der Waals surface area contributed by atoms with Crippen LogP contribution in [0.25, 0.3) is 0 Å². The lowest BCUT2D eigenvalue weighted by Gasteiger charge is -2.26. The van der Waals surface area contributed by atoms with Gasteiger partial charge in [0.2, 0.25) is 0 Å². The fourth-order valence-corrected chi connectivity index (χ4v) is 8.93. The summed E-state index contributed by atoms with van der Waals surface area (Å²) in [6, 6.07) is 20.0. The van der Waals surface area contributed by atoms with Gasteiger partial charge in [0.15, 0.2) is 8.80 Å². The van der Waals surface area contributed by atoms with Crippen LogP contribution >= 0.6 is 0 Å². The van der Waals surface area contributed by atoms with Gasteiger partial charge in [0.25, 0.3) is 0 Å². The first-order valence-corrected chi connectivity index (χ1v) is 14.2. The van der Waals surface area contributed by atoms with Crippen molar-refractivity contribution in [2.75, 3.05) is 0 Å². The van der Waals surface area contributed by atoms with Crippen molar-refractivity contribution in [3.63, 3.8) is 0 Å². The molecule has 4 aromatic rings. The Balaban J connectivity index is 2.15. The maximum Gasteiger partial charge on any atom is 0.183 e. The standard InChI is InChI=1S/C33H37N2Si/c1-20-14-23(4)30(24(5)15-20)35-33(29-12-10-11-13-34-29)36(31-25(6)16-21(2)17-26(31)7)32-27(8)18-22(3)19-28(32)9/h10-19H,1-9H3. The minimum atomic E-state index is -1.50. The largest absolute Gasteiger partial charge is 0.255 e.